The van der Waals surface area contributed by atoms with Crippen LogP contribution >= 0.6 is 11.6 Å². The molecule has 0 radical (unpaired) electrons. The fourth-order valence-corrected chi connectivity index (χ4v) is 4.08. The Bertz CT molecular complexity index is 836. The van der Waals surface area contributed by atoms with Crippen molar-refractivity contribution in [2.45, 2.75) is 45.6 Å². The van der Waals surface area contributed by atoms with Gasteiger partial charge in [0.2, 0.25) is 0 Å². The summed E-state index contributed by atoms with van der Waals surface area (Å²) in [7, 11) is 1.72. The van der Waals surface area contributed by atoms with Gasteiger partial charge < -0.3 is 0 Å². The van der Waals surface area contributed by atoms with Crippen molar-refractivity contribution in [1.82, 2.24) is 14.5 Å². The molecule has 1 fully saturated rings. The van der Waals surface area contributed by atoms with Crippen molar-refractivity contribution < 1.29 is 4.39 Å². The number of aromatic nitrogens is 2. The molecule has 2 atom stereocenters. The highest BCUT2D eigenvalue weighted by Gasteiger charge is 2.28. The van der Waals surface area contributed by atoms with E-state index in [2.05, 4.69) is 23.7 Å². The predicted octanol–water partition coefficient (Wildman–Crippen LogP) is 4.30. The van der Waals surface area contributed by atoms with Crippen LogP contribution in [-0.2, 0) is 7.05 Å². The standard InChI is InChI=1S/C19H25ClFN3O/c1-4-6-16(24-8-5-7-12(2)11-24)18-22-17-14(19(25)23(18)3)9-13(20)10-15(17)21/h9-10,12,16H,4-8,11H2,1-3H3/t12-,16-/m1/s1. The summed E-state index contributed by atoms with van der Waals surface area (Å²) in [4.78, 5) is 19.8. The van der Waals surface area contributed by atoms with E-state index in [0.29, 0.717) is 11.7 Å². The molecule has 0 amide bonds. The van der Waals surface area contributed by atoms with Crippen LogP contribution in [0.25, 0.3) is 10.9 Å². The molecule has 4 nitrogen and oxygen atoms in total. The lowest BCUT2D eigenvalue weighted by Crippen LogP contribution is -2.40. The van der Waals surface area contributed by atoms with Gasteiger partial charge in [-0.2, -0.15) is 0 Å². The molecule has 1 aromatic carbocycles. The average molecular weight is 366 g/mol. The van der Waals surface area contributed by atoms with Crippen LogP contribution in [-0.4, -0.2) is 27.5 Å². The first kappa shape index (κ1) is 18.3. The van der Waals surface area contributed by atoms with Gasteiger partial charge in [-0.25, -0.2) is 9.37 Å². The fraction of sp³-hybridized carbons (Fsp3) is 0.579. The maximum Gasteiger partial charge on any atom is 0.261 e. The van der Waals surface area contributed by atoms with Gasteiger partial charge in [0.25, 0.3) is 5.56 Å². The summed E-state index contributed by atoms with van der Waals surface area (Å²) in [5.74, 6) is 0.736. The molecule has 136 valence electrons. The molecule has 1 aromatic heterocycles. The zero-order valence-corrected chi connectivity index (χ0v) is 15.8. The van der Waals surface area contributed by atoms with Crippen molar-refractivity contribution >= 4 is 22.5 Å². The molecule has 0 unspecified atom stereocenters. The third kappa shape index (κ3) is 3.58. The number of piperidine rings is 1. The van der Waals surface area contributed by atoms with E-state index in [0.717, 1.165) is 32.4 Å². The molecule has 2 aromatic rings. The zero-order valence-electron chi connectivity index (χ0n) is 15.1. The van der Waals surface area contributed by atoms with E-state index < -0.39 is 5.82 Å². The Hall–Kier alpha value is -1.46. The van der Waals surface area contributed by atoms with E-state index in [1.807, 2.05) is 0 Å². The second kappa shape index (κ2) is 7.42. The molecule has 1 aliphatic heterocycles. The quantitative estimate of drug-likeness (QED) is 0.810. The minimum Gasteiger partial charge on any atom is -0.298 e. The molecule has 3 rings (SSSR count). The molecule has 2 heterocycles. The molecular weight excluding hydrogens is 341 g/mol. The normalized spacial score (nSPS) is 20.1. The van der Waals surface area contributed by atoms with Crippen molar-refractivity contribution in [2.24, 2.45) is 13.0 Å². The highest BCUT2D eigenvalue weighted by atomic mass is 35.5. The monoisotopic (exact) mass is 365 g/mol. The first-order valence-electron chi connectivity index (χ1n) is 9.02. The van der Waals surface area contributed by atoms with Crippen molar-refractivity contribution in [3.8, 4) is 0 Å². The van der Waals surface area contributed by atoms with Gasteiger partial charge in [0.05, 0.1) is 11.4 Å². The van der Waals surface area contributed by atoms with Crippen LogP contribution < -0.4 is 5.56 Å². The summed E-state index contributed by atoms with van der Waals surface area (Å²) in [5, 5.41) is 0.449. The van der Waals surface area contributed by atoms with E-state index in [9.17, 15) is 9.18 Å². The van der Waals surface area contributed by atoms with Crippen LogP contribution in [0.15, 0.2) is 16.9 Å². The van der Waals surface area contributed by atoms with Crippen molar-refractivity contribution in [3.63, 3.8) is 0 Å². The Kier molecular flexibility index (Phi) is 5.44. The smallest absolute Gasteiger partial charge is 0.261 e. The molecule has 6 heteroatoms. The van der Waals surface area contributed by atoms with Crippen LogP contribution in [0, 0.1) is 11.7 Å². The van der Waals surface area contributed by atoms with Gasteiger partial charge in [0, 0.05) is 18.6 Å². The molecule has 0 spiro atoms. The molecule has 1 saturated heterocycles. The second-order valence-electron chi connectivity index (χ2n) is 7.16. The number of hydrogen-bond acceptors (Lipinski definition) is 3. The summed E-state index contributed by atoms with van der Waals surface area (Å²) in [6, 6.07) is 2.75. The van der Waals surface area contributed by atoms with Gasteiger partial charge in [0.1, 0.15) is 11.3 Å². The highest BCUT2D eigenvalue weighted by Crippen LogP contribution is 2.30. The van der Waals surface area contributed by atoms with Crippen molar-refractivity contribution in [3.05, 3.63) is 39.2 Å². The van der Waals surface area contributed by atoms with Gasteiger partial charge in [-0.15, -0.1) is 0 Å². The SMILES string of the molecule is CCC[C@H](c1nc2c(F)cc(Cl)cc2c(=O)n1C)N1CCC[C@@H](C)C1. The lowest BCUT2D eigenvalue weighted by atomic mass is 9.97. The first-order chi connectivity index (χ1) is 11.9. The van der Waals surface area contributed by atoms with Gasteiger partial charge in [-0.3, -0.25) is 14.3 Å². The number of halogens is 2. The second-order valence-corrected chi connectivity index (χ2v) is 7.60. The number of nitrogens with zero attached hydrogens (tertiary/aromatic N) is 3. The topological polar surface area (TPSA) is 38.1 Å². The molecule has 0 aliphatic carbocycles. The zero-order chi connectivity index (χ0) is 18.1. The van der Waals surface area contributed by atoms with Crippen LogP contribution in [0.3, 0.4) is 0 Å². The summed E-state index contributed by atoms with van der Waals surface area (Å²) in [5.41, 5.74) is -0.124. The summed E-state index contributed by atoms with van der Waals surface area (Å²) in [6.45, 7) is 6.36. The van der Waals surface area contributed by atoms with E-state index >= 15 is 0 Å². The number of benzene rings is 1. The van der Waals surface area contributed by atoms with Gasteiger partial charge in [-0.1, -0.05) is 31.9 Å². The van der Waals surface area contributed by atoms with Crippen LogP contribution in [0.1, 0.15) is 51.4 Å². The third-order valence-corrected chi connectivity index (χ3v) is 5.34. The largest absolute Gasteiger partial charge is 0.298 e. The maximum absolute atomic E-state index is 14.4. The minimum atomic E-state index is -0.538. The van der Waals surface area contributed by atoms with Crippen LogP contribution in [0.5, 0.6) is 0 Å². The minimum absolute atomic E-state index is 0.0323. The molecule has 0 bridgehead atoms. The van der Waals surface area contributed by atoms with Crippen molar-refractivity contribution in [1.29, 1.82) is 0 Å². The summed E-state index contributed by atoms with van der Waals surface area (Å²) < 4.78 is 16.0. The lowest BCUT2D eigenvalue weighted by Gasteiger charge is -2.37. The first-order valence-corrected chi connectivity index (χ1v) is 9.39. The summed E-state index contributed by atoms with van der Waals surface area (Å²) >= 11 is 5.91. The molecule has 0 N–H and O–H groups in total. The summed E-state index contributed by atoms with van der Waals surface area (Å²) in [6.07, 6.45) is 4.25. The van der Waals surface area contributed by atoms with E-state index in [1.54, 1.807) is 11.6 Å². The van der Waals surface area contributed by atoms with E-state index in [-0.39, 0.29) is 27.5 Å². The number of hydrogen-bond donors (Lipinski definition) is 0. The third-order valence-electron chi connectivity index (χ3n) is 5.12. The highest BCUT2D eigenvalue weighted by molar-refractivity contribution is 6.31. The maximum atomic E-state index is 14.4. The average Bonchev–Trinajstić information content (AvgIpc) is 2.57. The Morgan fingerprint density at radius 3 is 2.88 bits per heavy atom. The Morgan fingerprint density at radius 2 is 2.20 bits per heavy atom. The number of rotatable bonds is 4. The Labute approximate surface area is 152 Å². The fourth-order valence-electron chi connectivity index (χ4n) is 3.87. The molecule has 0 saturated carbocycles. The van der Waals surface area contributed by atoms with Gasteiger partial charge >= 0.3 is 0 Å². The van der Waals surface area contributed by atoms with Gasteiger partial charge in [-0.05, 0) is 43.9 Å². The van der Waals surface area contributed by atoms with Crippen molar-refractivity contribution in [2.75, 3.05) is 13.1 Å². The number of fused-ring (bicyclic) bond motifs is 1. The Morgan fingerprint density at radius 1 is 1.44 bits per heavy atom. The van der Waals surface area contributed by atoms with Crippen LogP contribution in [0.4, 0.5) is 4.39 Å². The molecular formula is C19H25ClFN3O. The molecule has 1 aliphatic rings. The molecule has 25 heavy (non-hydrogen) atoms. The predicted molar refractivity (Wildman–Crippen MR) is 99.6 cm³/mol. The lowest BCUT2D eigenvalue weighted by molar-refractivity contribution is 0.115. The van der Waals surface area contributed by atoms with Gasteiger partial charge in [0.15, 0.2) is 5.82 Å². The van der Waals surface area contributed by atoms with E-state index in [1.165, 1.54) is 18.6 Å². The van der Waals surface area contributed by atoms with Crippen LogP contribution in [0.2, 0.25) is 5.02 Å². The number of likely N-dealkylation sites (tertiary alicyclic amines) is 1. The van der Waals surface area contributed by atoms with E-state index in [4.69, 9.17) is 11.6 Å². The Balaban J connectivity index is 2.14.